The maximum absolute atomic E-state index is 13.1. The van der Waals surface area contributed by atoms with Gasteiger partial charge in [0.05, 0.1) is 0 Å². The molecule has 0 atom stereocenters. The van der Waals surface area contributed by atoms with Crippen LogP contribution in [0, 0.1) is 0 Å². The minimum Gasteiger partial charge on any atom is -0.321 e. The zero-order chi connectivity index (χ0) is 27.5. The molecule has 4 heteroatoms. The molecule has 4 nitrogen and oxygen atoms in total. The first-order valence-electron chi connectivity index (χ1n) is 13.0. The molecule has 4 aromatic carbocycles. The molecule has 194 valence electrons. The summed E-state index contributed by atoms with van der Waals surface area (Å²) in [4.78, 5) is 26.2. The van der Waals surface area contributed by atoms with E-state index in [9.17, 15) is 9.59 Å². The second kappa shape index (κ2) is 10.7. The predicted octanol–water partition coefficient (Wildman–Crippen LogP) is 8.45. The molecule has 0 aliphatic rings. The highest BCUT2D eigenvalue weighted by Crippen LogP contribution is 2.34. The van der Waals surface area contributed by atoms with E-state index in [1.807, 2.05) is 97.1 Å². The number of para-hydroxylation sites is 2. The van der Waals surface area contributed by atoms with Gasteiger partial charge in [-0.2, -0.15) is 0 Å². The van der Waals surface area contributed by atoms with Crippen LogP contribution in [0.4, 0.5) is 11.4 Å². The van der Waals surface area contributed by atoms with Crippen LogP contribution >= 0.6 is 0 Å². The standard InChI is InChI=1S/C34H36N2O2/c1-33(2,3)25-19-15-23(16-20-25)31(37)35-29-13-9-7-11-27(29)28-12-8-10-14-30(28)36-32(38)24-17-21-26(22-18-24)34(4,5)6/h7-22H,1-6H3,(H,35,37)(H,36,38). The average Bonchev–Trinajstić information content (AvgIpc) is 2.88. The molecule has 2 amide bonds. The molecule has 38 heavy (non-hydrogen) atoms. The zero-order valence-electron chi connectivity index (χ0n) is 23.1. The van der Waals surface area contributed by atoms with Crippen molar-refractivity contribution >= 4 is 23.2 Å². The van der Waals surface area contributed by atoms with Gasteiger partial charge in [-0.05, 0) is 58.4 Å². The first-order chi connectivity index (χ1) is 17.9. The number of carbonyl (C=O) groups excluding carboxylic acids is 2. The third kappa shape index (κ3) is 6.20. The number of anilines is 2. The Morgan fingerprint density at radius 2 is 0.789 bits per heavy atom. The van der Waals surface area contributed by atoms with Gasteiger partial charge in [0.15, 0.2) is 0 Å². The van der Waals surface area contributed by atoms with Crippen LogP contribution < -0.4 is 10.6 Å². The van der Waals surface area contributed by atoms with Gasteiger partial charge in [0.25, 0.3) is 11.8 Å². The van der Waals surface area contributed by atoms with Gasteiger partial charge in [0.1, 0.15) is 0 Å². The molecule has 0 saturated carbocycles. The number of hydrogen-bond acceptors (Lipinski definition) is 2. The van der Waals surface area contributed by atoms with Crippen molar-refractivity contribution in [2.45, 2.75) is 52.4 Å². The summed E-state index contributed by atoms with van der Waals surface area (Å²) in [6.07, 6.45) is 0. The Hall–Kier alpha value is -4.18. The minimum absolute atomic E-state index is 0.0182. The summed E-state index contributed by atoms with van der Waals surface area (Å²) in [6.45, 7) is 12.9. The van der Waals surface area contributed by atoms with E-state index < -0.39 is 0 Å². The SMILES string of the molecule is CC(C)(C)c1ccc(C(=O)Nc2ccccc2-c2ccccc2NC(=O)c2ccc(C(C)(C)C)cc2)cc1. The fourth-order valence-electron chi connectivity index (χ4n) is 4.29. The molecule has 0 radical (unpaired) electrons. The summed E-state index contributed by atoms with van der Waals surface area (Å²) in [6, 6.07) is 30.7. The van der Waals surface area contributed by atoms with E-state index in [-0.39, 0.29) is 22.6 Å². The molecule has 0 unspecified atom stereocenters. The van der Waals surface area contributed by atoms with E-state index in [2.05, 4.69) is 52.2 Å². The molecule has 0 fully saturated rings. The summed E-state index contributed by atoms with van der Waals surface area (Å²) in [5.41, 5.74) is 6.56. The molecule has 0 aliphatic heterocycles. The maximum Gasteiger partial charge on any atom is 0.255 e. The van der Waals surface area contributed by atoms with Crippen LogP contribution in [0.2, 0.25) is 0 Å². The largest absolute Gasteiger partial charge is 0.321 e. The Labute approximate surface area is 226 Å². The van der Waals surface area contributed by atoms with Crippen LogP contribution in [0.15, 0.2) is 97.1 Å². The Kier molecular flexibility index (Phi) is 7.54. The smallest absolute Gasteiger partial charge is 0.255 e. The number of benzene rings is 4. The molecular weight excluding hydrogens is 468 g/mol. The average molecular weight is 505 g/mol. The van der Waals surface area contributed by atoms with Crippen molar-refractivity contribution in [3.05, 3.63) is 119 Å². The highest BCUT2D eigenvalue weighted by atomic mass is 16.2. The van der Waals surface area contributed by atoms with Crippen molar-refractivity contribution < 1.29 is 9.59 Å². The van der Waals surface area contributed by atoms with Crippen LogP contribution in [0.1, 0.15) is 73.4 Å². The van der Waals surface area contributed by atoms with Crippen molar-refractivity contribution in [3.8, 4) is 11.1 Å². The van der Waals surface area contributed by atoms with Crippen LogP contribution in [0.25, 0.3) is 11.1 Å². The first kappa shape index (κ1) is 26.9. The Morgan fingerprint density at radius 1 is 0.474 bits per heavy atom. The lowest BCUT2D eigenvalue weighted by Crippen LogP contribution is -2.16. The Morgan fingerprint density at radius 3 is 1.11 bits per heavy atom. The molecular formula is C34H36N2O2. The van der Waals surface area contributed by atoms with Gasteiger partial charge in [0, 0.05) is 33.6 Å². The lowest BCUT2D eigenvalue weighted by Gasteiger charge is -2.19. The Bertz CT molecular complexity index is 1320. The highest BCUT2D eigenvalue weighted by Gasteiger charge is 2.18. The molecule has 4 aromatic rings. The molecule has 0 bridgehead atoms. The summed E-state index contributed by atoms with van der Waals surface area (Å²) in [5.74, 6) is -0.364. The van der Waals surface area contributed by atoms with E-state index in [0.29, 0.717) is 22.5 Å². The first-order valence-corrected chi connectivity index (χ1v) is 13.0. The van der Waals surface area contributed by atoms with Crippen molar-refractivity contribution in [3.63, 3.8) is 0 Å². The van der Waals surface area contributed by atoms with Crippen molar-refractivity contribution in [1.82, 2.24) is 0 Å². The van der Waals surface area contributed by atoms with Crippen LogP contribution in [0.3, 0.4) is 0 Å². The highest BCUT2D eigenvalue weighted by molar-refractivity contribution is 6.09. The maximum atomic E-state index is 13.1. The molecule has 0 heterocycles. The second-order valence-electron chi connectivity index (χ2n) is 11.7. The fraction of sp³-hybridized carbons (Fsp3) is 0.235. The fourth-order valence-corrected chi connectivity index (χ4v) is 4.29. The molecule has 0 aliphatic carbocycles. The molecule has 0 aromatic heterocycles. The minimum atomic E-state index is -0.182. The lowest BCUT2D eigenvalue weighted by atomic mass is 9.86. The van der Waals surface area contributed by atoms with Gasteiger partial charge in [0.2, 0.25) is 0 Å². The summed E-state index contributed by atoms with van der Waals surface area (Å²) in [5, 5.41) is 6.13. The number of carbonyl (C=O) groups is 2. The quantitative estimate of drug-likeness (QED) is 0.286. The van der Waals surface area contributed by atoms with Gasteiger partial charge >= 0.3 is 0 Å². The number of nitrogens with one attached hydrogen (secondary N) is 2. The van der Waals surface area contributed by atoms with Gasteiger partial charge in [-0.1, -0.05) is 102 Å². The molecule has 0 saturated heterocycles. The second-order valence-corrected chi connectivity index (χ2v) is 11.7. The monoisotopic (exact) mass is 504 g/mol. The summed E-state index contributed by atoms with van der Waals surface area (Å²) >= 11 is 0. The normalized spacial score (nSPS) is 11.6. The van der Waals surface area contributed by atoms with Crippen molar-refractivity contribution in [2.24, 2.45) is 0 Å². The third-order valence-corrected chi connectivity index (χ3v) is 6.67. The third-order valence-electron chi connectivity index (χ3n) is 6.67. The van der Waals surface area contributed by atoms with Crippen LogP contribution in [0.5, 0.6) is 0 Å². The van der Waals surface area contributed by atoms with E-state index in [1.165, 1.54) is 11.1 Å². The summed E-state index contributed by atoms with van der Waals surface area (Å²) < 4.78 is 0. The van der Waals surface area contributed by atoms with Gasteiger partial charge < -0.3 is 10.6 Å². The zero-order valence-corrected chi connectivity index (χ0v) is 23.1. The Balaban J connectivity index is 1.58. The van der Waals surface area contributed by atoms with E-state index in [4.69, 9.17) is 0 Å². The topological polar surface area (TPSA) is 58.2 Å². The van der Waals surface area contributed by atoms with Crippen molar-refractivity contribution in [1.29, 1.82) is 0 Å². The van der Waals surface area contributed by atoms with Crippen LogP contribution in [-0.2, 0) is 10.8 Å². The van der Waals surface area contributed by atoms with E-state index >= 15 is 0 Å². The number of rotatable bonds is 5. The molecule has 4 rings (SSSR count). The summed E-state index contributed by atoms with van der Waals surface area (Å²) in [7, 11) is 0. The van der Waals surface area contributed by atoms with Gasteiger partial charge in [-0.3, -0.25) is 9.59 Å². The van der Waals surface area contributed by atoms with Gasteiger partial charge in [-0.25, -0.2) is 0 Å². The number of amides is 2. The van der Waals surface area contributed by atoms with E-state index in [1.54, 1.807) is 0 Å². The lowest BCUT2D eigenvalue weighted by molar-refractivity contribution is 0.101. The van der Waals surface area contributed by atoms with E-state index in [0.717, 1.165) is 11.1 Å². The molecule has 0 spiro atoms. The number of hydrogen-bond donors (Lipinski definition) is 2. The van der Waals surface area contributed by atoms with Crippen molar-refractivity contribution in [2.75, 3.05) is 10.6 Å². The van der Waals surface area contributed by atoms with Gasteiger partial charge in [-0.15, -0.1) is 0 Å². The van der Waals surface area contributed by atoms with Crippen LogP contribution in [-0.4, -0.2) is 11.8 Å². The predicted molar refractivity (Wildman–Crippen MR) is 158 cm³/mol. The molecule has 2 N–H and O–H groups in total.